The zero-order chi connectivity index (χ0) is 23.8. The average Bonchev–Trinajstić information content (AvgIpc) is 2.75. The summed E-state index contributed by atoms with van der Waals surface area (Å²) in [5.74, 6) is -0.314. The molecule has 0 saturated heterocycles. The fourth-order valence-electron chi connectivity index (χ4n) is 3.58. The van der Waals surface area contributed by atoms with E-state index in [2.05, 4.69) is 0 Å². The lowest BCUT2D eigenvalue weighted by Gasteiger charge is -2.28. The molecule has 0 heterocycles. The Hall–Kier alpha value is -1.38. The molecule has 0 bridgehead atoms. The van der Waals surface area contributed by atoms with Gasteiger partial charge in [-0.2, -0.15) is 0 Å². The Kier molecular flexibility index (Phi) is 14.6. The van der Waals surface area contributed by atoms with Gasteiger partial charge in [-0.1, -0.05) is 43.4 Å². The Morgan fingerprint density at radius 3 is 2.03 bits per heavy atom. The molecule has 1 aromatic rings. The maximum atomic E-state index is 11.6. The van der Waals surface area contributed by atoms with Crippen molar-refractivity contribution >= 4 is 32.5 Å². The van der Waals surface area contributed by atoms with Gasteiger partial charge in [0.05, 0.1) is 12.1 Å². The number of benzene rings is 1. The minimum atomic E-state index is -2.54. The second kappa shape index (κ2) is 16.3. The van der Waals surface area contributed by atoms with Crippen LogP contribution in [0, 0.1) is 0 Å². The summed E-state index contributed by atoms with van der Waals surface area (Å²) >= 11 is 6.14. The van der Waals surface area contributed by atoms with Crippen molar-refractivity contribution < 1.29 is 27.9 Å². The van der Waals surface area contributed by atoms with Crippen molar-refractivity contribution in [2.75, 3.05) is 26.9 Å². The van der Waals surface area contributed by atoms with Crippen LogP contribution >= 0.6 is 11.6 Å². The van der Waals surface area contributed by atoms with Gasteiger partial charge in [0, 0.05) is 31.4 Å². The minimum Gasteiger partial charge on any atom is -0.495 e. The predicted molar refractivity (Wildman–Crippen MR) is 131 cm³/mol. The molecule has 0 amide bonds. The van der Waals surface area contributed by atoms with Crippen LogP contribution in [0.25, 0.3) is 6.08 Å². The van der Waals surface area contributed by atoms with Gasteiger partial charge >= 0.3 is 14.8 Å². The van der Waals surface area contributed by atoms with E-state index in [0.29, 0.717) is 42.6 Å². The average molecular weight is 487 g/mol. The molecule has 0 aliphatic carbocycles. The normalized spacial score (nSPS) is 12.2. The molecule has 0 aliphatic heterocycles. The summed E-state index contributed by atoms with van der Waals surface area (Å²) in [6.45, 7) is 7.74. The Labute approximate surface area is 199 Å². The molecule has 0 radical (unpaired) electrons. The predicted octanol–water partition coefficient (Wildman–Crippen LogP) is 6.60. The fourth-order valence-corrected chi connectivity index (χ4v) is 6.53. The van der Waals surface area contributed by atoms with Crippen molar-refractivity contribution in [2.45, 2.75) is 71.8 Å². The van der Waals surface area contributed by atoms with Gasteiger partial charge in [0.2, 0.25) is 0 Å². The standard InChI is InChI=1S/C24H39ClO6Si/c1-5-29-32(30-6-2,31-7-3)17-13-11-9-8-10-12-14-21(24(26)27)18-20-15-16-23(28-4)22(25)19-20/h15-16,18-19H,5-14,17H2,1-4H3,(H,26,27)/b21-18+. The van der Waals surface area contributed by atoms with Gasteiger partial charge in [-0.15, -0.1) is 0 Å². The lowest BCUT2D eigenvalue weighted by molar-refractivity contribution is -0.132. The number of rotatable bonds is 18. The second-order valence-electron chi connectivity index (χ2n) is 7.47. The molecule has 6 nitrogen and oxygen atoms in total. The number of hydrogen-bond donors (Lipinski definition) is 1. The number of aliphatic carboxylic acids is 1. The van der Waals surface area contributed by atoms with Crippen LogP contribution in [0.5, 0.6) is 5.75 Å². The molecule has 0 fully saturated rings. The van der Waals surface area contributed by atoms with Crippen LogP contribution < -0.4 is 4.74 Å². The van der Waals surface area contributed by atoms with Gasteiger partial charge < -0.3 is 23.1 Å². The molecule has 0 spiro atoms. The maximum absolute atomic E-state index is 11.6. The number of carboxylic acids is 1. The topological polar surface area (TPSA) is 74.2 Å². The highest BCUT2D eigenvalue weighted by atomic mass is 35.5. The Morgan fingerprint density at radius 2 is 1.53 bits per heavy atom. The third-order valence-electron chi connectivity index (χ3n) is 5.06. The first kappa shape index (κ1) is 28.6. The van der Waals surface area contributed by atoms with E-state index >= 15 is 0 Å². The van der Waals surface area contributed by atoms with Gasteiger partial charge in [0.15, 0.2) is 0 Å². The molecule has 1 rings (SSSR count). The van der Waals surface area contributed by atoms with E-state index in [1.54, 1.807) is 25.3 Å². The maximum Gasteiger partial charge on any atom is 0.500 e. The highest BCUT2D eigenvalue weighted by molar-refractivity contribution is 6.60. The molecule has 32 heavy (non-hydrogen) atoms. The van der Waals surface area contributed by atoms with Gasteiger partial charge in [-0.25, -0.2) is 4.79 Å². The summed E-state index contributed by atoms with van der Waals surface area (Å²) in [5, 5.41) is 10.00. The molecule has 182 valence electrons. The molecular formula is C24H39ClO6Si. The minimum absolute atomic E-state index is 0.396. The number of carbonyl (C=O) groups is 1. The van der Waals surface area contributed by atoms with Crippen molar-refractivity contribution in [1.82, 2.24) is 0 Å². The summed E-state index contributed by atoms with van der Waals surface area (Å²) in [6, 6.07) is 6.12. The van der Waals surface area contributed by atoms with Gasteiger partial charge in [0.1, 0.15) is 5.75 Å². The molecule has 1 N–H and O–H groups in total. The summed E-state index contributed by atoms with van der Waals surface area (Å²) in [5.41, 5.74) is 1.16. The van der Waals surface area contributed by atoms with Crippen LogP contribution in [-0.2, 0) is 18.1 Å². The van der Waals surface area contributed by atoms with E-state index in [1.165, 1.54) is 0 Å². The number of methoxy groups -OCH3 is 1. The number of unbranched alkanes of at least 4 members (excludes halogenated alkanes) is 5. The van der Waals surface area contributed by atoms with E-state index in [1.807, 2.05) is 26.8 Å². The van der Waals surface area contributed by atoms with Crippen LogP contribution in [0.15, 0.2) is 23.8 Å². The van der Waals surface area contributed by atoms with Crippen molar-refractivity contribution in [2.24, 2.45) is 0 Å². The van der Waals surface area contributed by atoms with Crippen molar-refractivity contribution in [3.05, 3.63) is 34.4 Å². The molecule has 0 unspecified atom stereocenters. The number of hydrogen-bond acceptors (Lipinski definition) is 5. The van der Waals surface area contributed by atoms with Gasteiger partial charge in [-0.3, -0.25) is 0 Å². The SMILES string of the molecule is CCO[Si](CCCCCCCC/C(=C\c1ccc(OC)c(Cl)c1)C(=O)O)(OCC)OCC. The zero-order valence-electron chi connectivity index (χ0n) is 20.0. The van der Waals surface area contributed by atoms with Crippen molar-refractivity contribution in [3.63, 3.8) is 0 Å². The molecule has 1 aromatic carbocycles. The Morgan fingerprint density at radius 1 is 0.969 bits per heavy atom. The lowest BCUT2D eigenvalue weighted by atomic mass is 10.0. The van der Waals surface area contributed by atoms with E-state index in [9.17, 15) is 9.90 Å². The number of halogens is 1. The zero-order valence-corrected chi connectivity index (χ0v) is 21.7. The molecule has 0 aromatic heterocycles. The van der Waals surface area contributed by atoms with Crippen LogP contribution in [0.3, 0.4) is 0 Å². The first-order chi connectivity index (χ1) is 15.4. The smallest absolute Gasteiger partial charge is 0.495 e. The number of ether oxygens (including phenoxy) is 1. The largest absolute Gasteiger partial charge is 0.500 e. The van der Waals surface area contributed by atoms with E-state index < -0.39 is 14.8 Å². The first-order valence-electron chi connectivity index (χ1n) is 11.6. The molecular weight excluding hydrogens is 448 g/mol. The Balaban J connectivity index is 2.40. The third kappa shape index (κ3) is 10.5. The van der Waals surface area contributed by atoms with Crippen LogP contribution in [-0.4, -0.2) is 46.8 Å². The fraction of sp³-hybridized carbons (Fsp3) is 0.625. The quantitative estimate of drug-likeness (QED) is 0.143. The lowest BCUT2D eigenvalue weighted by Crippen LogP contribution is -2.45. The molecule has 0 saturated carbocycles. The van der Waals surface area contributed by atoms with E-state index in [4.69, 9.17) is 29.6 Å². The third-order valence-corrected chi connectivity index (χ3v) is 8.51. The summed E-state index contributed by atoms with van der Waals surface area (Å²) in [6.07, 6.45) is 8.36. The number of carboxylic acid groups (broad SMARTS) is 1. The van der Waals surface area contributed by atoms with Crippen molar-refractivity contribution in [3.8, 4) is 5.75 Å². The first-order valence-corrected chi connectivity index (χ1v) is 13.9. The summed E-state index contributed by atoms with van der Waals surface area (Å²) < 4.78 is 22.8. The van der Waals surface area contributed by atoms with Crippen molar-refractivity contribution in [1.29, 1.82) is 0 Å². The summed E-state index contributed by atoms with van der Waals surface area (Å²) in [4.78, 5) is 11.6. The molecule has 0 aliphatic rings. The molecule has 8 heteroatoms. The monoisotopic (exact) mass is 486 g/mol. The Bertz CT molecular complexity index is 693. The van der Waals surface area contributed by atoms with Crippen LogP contribution in [0.4, 0.5) is 0 Å². The van der Waals surface area contributed by atoms with Gasteiger partial charge in [-0.05, 0) is 63.8 Å². The summed E-state index contributed by atoms with van der Waals surface area (Å²) in [7, 11) is -0.986. The molecule has 0 atom stereocenters. The highest BCUT2D eigenvalue weighted by Gasteiger charge is 2.39. The van der Waals surface area contributed by atoms with E-state index in [0.717, 1.165) is 50.1 Å². The van der Waals surface area contributed by atoms with Crippen LogP contribution in [0.1, 0.15) is 71.3 Å². The highest BCUT2D eigenvalue weighted by Crippen LogP contribution is 2.27. The van der Waals surface area contributed by atoms with Gasteiger partial charge in [0.25, 0.3) is 0 Å². The second-order valence-corrected chi connectivity index (χ2v) is 10.6. The van der Waals surface area contributed by atoms with E-state index in [-0.39, 0.29) is 0 Å². The van der Waals surface area contributed by atoms with Crippen LogP contribution in [0.2, 0.25) is 11.1 Å².